The van der Waals surface area contributed by atoms with E-state index in [0.717, 1.165) is 35.9 Å². The highest BCUT2D eigenvalue weighted by Crippen LogP contribution is 2.28. The highest BCUT2D eigenvalue weighted by Gasteiger charge is 2.32. The molecular formula is C31H33N3O3. The summed E-state index contributed by atoms with van der Waals surface area (Å²) >= 11 is 0. The first-order chi connectivity index (χ1) is 18.1. The summed E-state index contributed by atoms with van der Waals surface area (Å²) in [5.74, 6) is 1.23. The number of piperidine rings is 1. The predicted molar refractivity (Wildman–Crippen MR) is 146 cm³/mol. The quantitative estimate of drug-likeness (QED) is 0.361. The minimum absolute atomic E-state index is 0.00720. The van der Waals surface area contributed by atoms with E-state index in [1.807, 2.05) is 29.2 Å². The molecule has 2 heterocycles. The van der Waals surface area contributed by atoms with Crippen molar-refractivity contribution in [2.24, 2.45) is 0 Å². The zero-order valence-electron chi connectivity index (χ0n) is 21.4. The number of fused-ring (bicyclic) bond motifs is 1. The number of pyridine rings is 1. The van der Waals surface area contributed by atoms with Gasteiger partial charge in [-0.15, -0.1) is 0 Å². The van der Waals surface area contributed by atoms with E-state index in [1.54, 1.807) is 32.4 Å². The number of aromatic nitrogens is 1. The SMILES string of the molecule is COc1cc(OC)cc(C(=O)N2CC[C@H](NCc3ccc4ccccc4n3)C[C@H]2Cc2ccccc2)c1. The lowest BCUT2D eigenvalue weighted by molar-refractivity contribution is 0.0575. The fourth-order valence-electron chi connectivity index (χ4n) is 5.14. The monoisotopic (exact) mass is 495 g/mol. The fraction of sp³-hybridized carbons (Fsp3) is 0.290. The van der Waals surface area contributed by atoms with Crippen molar-refractivity contribution in [3.8, 4) is 11.5 Å². The van der Waals surface area contributed by atoms with Crippen molar-refractivity contribution >= 4 is 16.8 Å². The van der Waals surface area contributed by atoms with E-state index >= 15 is 0 Å². The van der Waals surface area contributed by atoms with Gasteiger partial charge in [-0.3, -0.25) is 9.78 Å². The van der Waals surface area contributed by atoms with Crippen LogP contribution in [0.15, 0.2) is 84.9 Å². The smallest absolute Gasteiger partial charge is 0.254 e. The molecule has 6 heteroatoms. The Hall–Kier alpha value is -3.90. The Labute approximate surface area is 218 Å². The lowest BCUT2D eigenvalue weighted by Crippen LogP contribution is -2.51. The Kier molecular flexibility index (Phi) is 7.66. The van der Waals surface area contributed by atoms with Crippen LogP contribution in [0.25, 0.3) is 10.9 Å². The summed E-state index contributed by atoms with van der Waals surface area (Å²) in [5.41, 5.74) is 3.85. The first-order valence-corrected chi connectivity index (χ1v) is 12.8. The van der Waals surface area contributed by atoms with Gasteiger partial charge in [0.1, 0.15) is 11.5 Å². The van der Waals surface area contributed by atoms with Crippen LogP contribution < -0.4 is 14.8 Å². The van der Waals surface area contributed by atoms with Crippen molar-refractivity contribution in [1.29, 1.82) is 0 Å². The van der Waals surface area contributed by atoms with Crippen molar-refractivity contribution in [2.75, 3.05) is 20.8 Å². The second kappa shape index (κ2) is 11.4. The van der Waals surface area contributed by atoms with Gasteiger partial charge < -0.3 is 19.7 Å². The van der Waals surface area contributed by atoms with E-state index in [-0.39, 0.29) is 11.9 Å². The molecule has 190 valence electrons. The number of ether oxygens (including phenoxy) is 2. The van der Waals surface area contributed by atoms with Gasteiger partial charge in [-0.1, -0.05) is 54.6 Å². The number of carbonyl (C=O) groups is 1. The maximum Gasteiger partial charge on any atom is 0.254 e. The Morgan fingerprint density at radius 1 is 0.946 bits per heavy atom. The van der Waals surface area contributed by atoms with Crippen LogP contribution in [-0.4, -0.2) is 48.6 Å². The van der Waals surface area contributed by atoms with Crippen molar-refractivity contribution in [3.63, 3.8) is 0 Å². The van der Waals surface area contributed by atoms with Gasteiger partial charge in [-0.2, -0.15) is 0 Å². The Balaban J connectivity index is 1.33. The summed E-state index contributed by atoms with van der Waals surface area (Å²) in [5, 5.41) is 4.86. The van der Waals surface area contributed by atoms with Gasteiger partial charge in [-0.25, -0.2) is 0 Å². The summed E-state index contributed by atoms with van der Waals surface area (Å²) in [6.45, 7) is 1.38. The summed E-state index contributed by atoms with van der Waals surface area (Å²) < 4.78 is 10.8. The average molecular weight is 496 g/mol. The lowest BCUT2D eigenvalue weighted by atomic mass is 9.91. The molecule has 1 aliphatic heterocycles. The molecule has 0 spiro atoms. The lowest BCUT2D eigenvalue weighted by Gasteiger charge is -2.40. The minimum Gasteiger partial charge on any atom is -0.497 e. The third kappa shape index (κ3) is 5.92. The maximum atomic E-state index is 13.7. The molecule has 5 rings (SSSR count). The number of methoxy groups -OCH3 is 2. The van der Waals surface area contributed by atoms with Crippen LogP contribution in [-0.2, 0) is 13.0 Å². The van der Waals surface area contributed by atoms with Gasteiger partial charge in [0, 0.05) is 42.2 Å². The molecule has 1 N–H and O–H groups in total. The van der Waals surface area contributed by atoms with Crippen LogP contribution in [0.5, 0.6) is 11.5 Å². The molecule has 4 aromatic rings. The molecule has 37 heavy (non-hydrogen) atoms. The van der Waals surface area contributed by atoms with Gasteiger partial charge in [-0.05, 0) is 49.1 Å². The third-order valence-electron chi connectivity index (χ3n) is 7.12. The van der Waals surface area contributed by atoms with Crippen LogP contribution in [0.3, 0.4) is 0 Å². The van der Waals surface area contributed by atoms with Crippen LogP contribution in [0, 0.1) is 0 Å². The van der Waals surface area contributed by atoms with Crippen molar-refractivity contribution in [3.05, 3.63) is 102 Å². The molecule has 0 unspecified atom stereocenters. The topological polar surface area (TPSA) is 63.7 Å². The van der Waals surface area contributed by atoms with Gasteiger partial charge >= 0.3 is 0 Å². The third-order valence-corrected chi connectivity index (χ3v) is 7.12. The summed E-state index contributed by atoms with van der Waals surface area (Å²) in [7, 11) is 3.20. The molecule has 1 fully saturated rings. The van der Waals surface area contributed by atoms with E-state index in [9.17, 15) is 4.79 Å². The molecule has 1 aliphatic rings. The zero-order valence-corrected chi connectivity index (χ0v) is 21.4. The number of hydrogen-bond acceptors (Lipinski definition) is 5. The average Bonchev–Trinajstić information content (AvgIpc) is 2.96. The number of rotatable bonds is 8. The summed E-state index contributed by atoms with van der Waals surface area (Å²) in [6, 6.07) is 28.5. The molecule has 1 aromatic heterocycles. The highest BCUT2D eigenvalue weighted by atomic mass is 16.5. The number of likely N-dealkylation sites (tertiary alicyclic amines) is 1. The number of hydrogen-bond donors (Lipinski definition) is 1. The number of amides is 1. The fourth-order valence-corrected chi connectivity index (χ4v) is 5.14. The zero-order chi connectivity index (χ0) is 25.6. The molecule has 0 saturated carbocycles. The molecular weight excluding hydrogens is 462 g/mol. The molecule has 0 bridgehead atoms. The summed E-state index contributed by atoms with van der Waals surface area (Å²) in [6.07, 6.45) is 2.56. The van der Waals surface area contributed by atoms with Crippen LogP contribution >= 0.6 is 0 Å². The van der Waals surface area contributed by atoms with E-state index in [2.05, 4.69) is 47.8 Å². The van der Waals surface area contributed by atoms with E-state index in [0.29, 0.717) is 36.2 Å². The molecule has 0 radical (unpaired) electrons. The van der Waals surface area contributed by atoms with Gasteiger partial charge in [0.05, 0.1) is 25.4 Å². The van der Waals surface area contributed by atoms with Gasteiger partial charge in [0.15, 0.2) is 0 Å². The molecule has 3 aromatic carbocycles. The molecule has 1 saturated heterocycles. The van der Waals surface area contributed by atoms with Crippen molar-refractivity contribution in [1.82, 2.24) is 15.2 Å². The first kappa shape index (κ1) is 24.8. The van der Waals surface area contributed by atoms with Gasteiger partial charge in [0.2, 0.25) is 0 Å². The predicted octanol–water partition coefficient (Wildman–Crippen LogP) is 5.26. The molecule has 6 nitrogen and oxygen atoms in total. The second-order valence-corrected chi connectivity index (χ2v) is 9.54. The Morgan fingerprint density at radius 2 is 1.68 bits per heavy atom. The number of nitrogens with zero attached hydrogens (tertiary/aromatic N) is 2. The largest absolute Gasteiger partial charge is 0.497 e. The first-order valence-electron chi connectivity index (χ1n) is 12.8. The second-order valence-electron chi connectivity index (χ2n) is 9.54. The number of benzene rings is 3. The van der Waals surface area contributed by atoms with E-state index in [1.165, 1.54) is 5.56 Å². The highest BCUT2D eigenvalue weighted by molar-refractivity contribution is 5.95. The normalized spacial score (nSPS) is 17.5. The minimum atomic E-state index is 0.00720. The van der Waals surface area contributed by atoms with Crippen molar-refractivity contribution in [2.45, 2.75) is 37.9 Å². The molecule has 0 aliphatic carbocycles. The Morgan fingerprint density at radius 3 is 2.43 bits per heavy atom. The van der Waals surface area contributed by atoms with Crippen LogP contribution in [0.1, 0.15) is 34.5 Å². The number of carbonyl (C=O) groups excluding carboxylic acids is 1. The van der Waals surface area contributed by atoms with E-state index < -0.39 is 0 Å². The number of para-hydroxylation sites is 1. The van der Waals surface area contributed by atoms with Gasteiger partial charge in [0.25, 0.3) is 5.91 Å². The number of nitrogens with one attached hydrogen (secondary N) is 1. The summed E-state index contributed by atoms with van der Waals surface area (Å²) in [4.78, 5) is 20.6. The maximum absolute atomic E-state index is 13.7. The van der Waals surface area contributed by atoms with Crippen LogP contribution in [0.2, 0.25) is 0 Å². The van der Waals surface area contributed by atoms with E-state index in [4.69, 9.17) is 14.5 Å². The van der Waals surface area contributed by atoms with Crippen LogP contribution in [0.4, 0.5) is 0 Å². The standard InChI is InChI=1S/C31H33N3O3/c1-36-28-17-24(18-29(20-28)37-2)31(35)34-15-14-25(19-27(34)16-22-8-4-3-5-9-22)32-21-26-13-12-23-10-6-7-11-30(23)33-26/h3-13,17-18,20,25,27,32H,14-16,19,21H2,1-2H3/t25-,27+/m0/s1. The Bertz CT molecular complexity index is 1340. The van der Waals surface area contributed by atoms with Crippen molar-refractivity contribution < 1.29 is 14.3 Å². The molecule has 2 atom stereocenters. The molecule has 1 amide bonds.